The molecule has 1 heterocycles. The van der Waals surface area contributed by atoms with Crippen LogP contribution in [0.3, 0.4) is 0 Å². The quantitative estimate of drug-likeness (QED) is 0.720. The SMILES string of the molecule is CC(=O)C(C)(C)OC(=O)c1cc(-n2c(=O)cc(C(F)(F)F)n(C)c2=O)ccc1C. The number of carbonyl (C=O) groups is 2. The van der Waals surface area contributed by atoms with Crippen LogP contribution in [-0.2, 0) is 22.8 Å². The fourth-order valence-electron chi connectivity index (χ4n) is 2.46. The Morgan fingerprint density at radius 3 is 2.17 bits per heavy atom. The Bertz CT molecular complexity index is 1110. The van der Waals surface area contributed by atoms with E-state index >= 15 is 0 Å². The van der Waals surface area contributed by atoms with Gasteiger partial charge in [-0.25, -0.2) is 14.2 Å². The summed E-state index contributed by atoms with van der Waals surface area (Å²) in [6.45, 7) is 5.63. The molecule has 156 valence electrons. The number of nitrogens with zero attached hydrogens (tertiary/aromatic N) is 2. The molecule has 1 aromatic carbocycles. The van der Waals surface area contributed by atoms with Gasteiger partial charge in [0.15, 0.2) is 11.4 Å². The van der Waals surface area contributed by atoms with Crippen LogP contribution in [0.15, 0.2) is 33.9 Å². The van der Waals surface area contributed by atoms with Gasteiger partial charge in [0.25, 0.3) is 5.56 Å². The number of rotatable bonds is 4. The van der Waals surface area contributed by atoms with Gasteiger partial charge >= 0.3 is 17.8 Å². The highest BCUT2D eigenvalue weighted by Gasteiger charge is 2.35. The maximum Gasteiger partial charge on any atom is 0.431 e. The normalized spacial score (nSPS) is 12.0. The number of halogens is 3. The Hall–Kier alpha value is -3.17. The van der Waals surface area contributed by atoms with Gasteiger partial charge < -0.3 is 4.74 Å². The summed E-state index contributed by atoms with van der Waals surface area (Å²) in [4.78, 5) is 48.7. The lowest BCUT2D eigenvalue weighted by Gasteiger charge is -2.22. The van der Waals surface area contributed by atoms with Crippen molar-refractivity contribution in [3.05, 3.63) is 61.9 Å². The third-order valence-corrected chi connectivity index (χ3v) is 4.51. The number of esters is 1. The van der Waals surface area contributed by atoms with Gasteiger partial charge in [-0.3, -0.25) is 14.2 Å². The smallest absolute Gasteiger partial charge is 0.431 e. The molecule has 0 atom stereocenters. The maximum absolute atomic E-state index is 13.0. The van der Waals surface area contributed by atoms with Crippen LogP contribution in [0, 0.1) is 6.92 Å². The van der Waals surface area contributed by atoms with Gasteiger partial charge in [0.05, 0.1) is 11.3 Å². The molecule has 1 aromatic heterocycles. The second-order valence-electron chi connectivity index (χ2n) is 7.00. The molecule has 2 aromatic rings. The minimum absolute atomic E-state index is 0.0364. The highest BCUT2D eigenvalue weighted by atomic mass is 19.4. The van der Waals surface area contributed by atoms with Gasteiger partial charge in [-0.15, -0.1) is 0 Å². The molecule has 0 bridgehead atoms. The van der Waals surface area contributed by atoms with Crippen LogP contribution < -0.4 is 11.2 Å². The van der Waals surface area contributed by atoms with E-state index < -0.39 is 40.5 Å². The molecule has 0 saturated heterocycles. The Morgan fingerprint density at radius 1 is 1.07 bits per heavy atom. The molecule has 0 radical (unpaired) electrons. The molecular weight excluding hydrogens is 393 g/mol. The van der Waals surface area contributed by atoms with E-state index in [0.29, 0.717) is 20.8 Å². The minimum Gasteiger partial charge on any atom is -0.448 e. The molecule has 0 amide bonds. The average Bonchev–Trinajstić information content (AvgIpc) is 2.58. The molecule has 0 aliphatic carbocycles. The lowest BCUT2D eigenvalue weighted by atomic mass is 10.0. The topological polar surface area (TPSA) is 87.4 Å². The molecule has 2 rings (SSSR count). The second kappa shape index (κ2) is 7.34. The zero-order valence-electron chi connectivity index (χ0n) is 16.4. The van der Waals surface area contributed by atoms with Crippen LogP contribution in [0.1, 0.15) is 42.4 Å². The Balaban J connectivity index is 2.63. The first-order valence-electron chi connectivity index (χ1n) is 8.42. The molecule has 0 spiro atoms. The largest absolute Gasteiger partial charge is 0.448 e. The Kier molecular flexibility index (Phi) is 5.60. The van der Waals surface area contributed by atoms with Crippen LogP contribution in [-0.4, -0.2) is 26.5 Å². The van der Waals surface area contributed by atoms with Crippen molar-refractivity contribution in [2.24, 2.45) is 7.05 Å². The predicted octanol–water partition coefficient (Wildman–Crippen LogP) is 2.39. The summed E-state index contributed by atoms with van der Waals surface area (Å²) in [5.41, 5.74) is -4.94. The van der Waals surface area contributed by atoms with E-state index in [1.165, 1.54) is 32.9 Å². The number of ether oxygens (including phenoxy) is 1. The van der Waals surface area contributed by atoms with E-state index in [-0.39, 0.29) is 11.3 Å². The molecule has 0 unspecified atom stereocenters. The van der Waals surface area contributed by atoms with Crippen LogP contribution in [0.4, 0.5) is 13.2 Å². The lowest BCUT2D eigenvalue weighted by Crippen LogP contribution is -2.40. The van der Waals surface area contributed by atoms with Crippen LogP contribution in [0.2, 0.25) is 0 Å². The van der Waals surface area contributed by atoms with Gasteiger partial charge in [-0.2, -0.15) is 13.2 Å². The van der Waals surface area contributed by atoms with Crippen molar-refractivity contribution in [2.75, 3.05) is 0 Å². The van der Waals surface area contributed by atoms with E-state index in [1.54, 1.807) is 6.92 Å². The van der Waals surface area contributed by atoms with E-state index in [4.69, 9.17) is 4.74 Å². The minimum atomic E-state index is -4.88. The summed E-state index contributed by atoms with van der Waals surface area (Å²) in [5.74, 6) is -1.27. The first kappa shape index (κ1) is 22.1. The number of Topliss-reactive ketones (excluding diaryl/α,β-unsaturated/α-hetero) is 1. The van der Waals surface area contributed by atoms with Gasteiger partial charge in [0.1, 0.15) is 5.69 Å². The summed E-state index contributed by atoms with van der Waals surface area (Å²) in [6.07, 6.45) is -4.88. The van der Waals surface area contributed by atoms with E-state index in [9.17, 15) is 32.3 Å². The maximum atomic E-state index is 13.0. The van der Waals surface area contributed by atoms with Crippen LogP contribution >= 0.6 is 0 Å². The number of aromatic nitrogens is 2. The van der Waals surface area contributed by atoms with Crippen molar-refractivity contribution in [3.63, 3.8) is 0 Å². The number of hydrogen-bond donors (Lipinski definition) is 0. The summed E-state index contributed by atoms with van der Waals surface area (Å²) < 4.78 is 45.0. The van der Waals surface area contributed by atoms with E-state index in [1.807, 2.05) is 0 Å². The number of hydrogen-bond acceptors (Lipinski definition) is 5. The van der Waals surface area contributed by atoms with E-state index in [0.717, 1.165) is 13.1 Å². The predicted molar refractivity (Wildman–Crippen MR) is 97.2 cm³/mol. The molecule has 10 heteroatoms. The third kappa shape index (κ3) is 4.30. The van der Waals surface area contributed by atoms with Crippen molar-refractivity contribution in [1.29, 1.82) is 0 Å². The van der Waals surface area contributed by atoms with Crippen molar-refractivity contribution >= 4 is 11.8 Å². The summed E-state index contributed by atoms with van der Waals surface area (Å²) >= 11 is 0. The van der Waals surface area contributed by atoms with Gasteiger partial charge in [0.2, 0.25) is 0 Å². The number of aryl methyl sites for hydroxylation is 1. The zero-order valence-corrected chi connectivity index (χ0v) is 16.4. The monoisotopic (exact) mass is 412 g/mol. The van der Waals surface area contributed by atoms with Crippen LogP contribution in [0.25, 0.3) is 5.69 Å². The van der Waals surface area contributed by atoms with Crippen LogP contribution in [0.5, 0.6) is 0 Å². The first-order chi connectivity index (χ1) is 13.2. The van der Waals surface area contributed by atoms with Crippen molar-refractivity contribution in [3.8, 4) is 5.69 Å². The first-order valence-corrected chi connectivity index (χ1v) is 8.42. The van der Waals surface area contributed by atoms with Gasteiger partial charge in [-0.1, -0.05) is 6.07 Å². The molecule has 0 fully saturated rings. The highest BCUT2D eigenvalue weighted by Crippen LogP contribution is 2.27. The number of benzene rings is 1. The average molecular weight is 412 g/mol. The van der Waals surface area contributed by atoms with Crippen molar-refractivity contribution in [1.82, 2.24) is 9.13 Å². The highest BCUT2D eigenvalue weighted by molar-refractivity contribution is 5.95. The summed E-state index contributed by atoms with van der Waals surface area (Å²) in [6, 6.07) is 4.19. The Morgan fingerprint density at radius 2 is 1.66 bits per heavy atom. The number of ketones is 1. The Labute approximate surface area is 163 Å². The molecule has 0 saturated carbocycles. The second-order valence-corrected chi connectivity index (χ2v) is 7.00. The standard InChI is InChI=1S/C19H19F3N2O5/c1-10-6-7-12(8-13(10)16(27)29-18(3,4)11(2)25)24-15(26)9-14(19(20,21)22)23(5)17(24)28/h6-9H,1-5H3. The molecule has 29 heavy (non-hydrogen) atoms. The summed E-state index contributed by atoms with van der Waals surface area (Å²) in [7, 11) is 0.889. The molecule has 0 aliphatic heterocycles. The van der Waals surface area contributed by atoms with Gasteiger partial charge in [-0.05, 0) is 45.4 Å². The summed E-state index contributed by atoms with van der Waals surface area (Å²) in [5, 5.41) is 0. The lowest BCUT2D eigenvalue weighted by molar-refractivity contribution is -0.144. The fourth-order valence-corrected chi connectivity index (χ4v) is 2.46. The molecule has 0 N–H and O–H groups in total. The van der Waals surface area contributed by atoms with Crippen molar-refractivity contribution < 1.29 is 27.5 Å². The third-order valence-electron chi connectivity index (χ3n) is 4.51. The molecule has 7 nitrogen and oxygen atoms in total. The fraction of sp³-hybridized carbons (Fsp3) is 0.368. The number of alkyl halides is 3. The zero-order chi connectivity index (χ0) is 22.3. The van der Waals surface area contributed by atoms with Gasteiger partial charge in [0, 0.05) is 13.1 Å². The van der Waals surface area contributed by atoms with Crippen molar-refractivity contribution in [2.45, 2.75) is 39.5 Å². The number of carbonyl (C=O) groups excluding carboxylic acids is 2. The van der Waals surface area contributed by atoms with E-state index in [2.05, 4.69) is 0 Å². The molecule has 0 aliphatic rings. The molecular formula is C19H19F3N2O5.